The number of rotatable bonds is 2. The van der Waals surface area contributed by atoms with Crippen molar-refractivity contribution in [1.29, 1.82) is 0 Å². The molecule has 0 aromatic heterocycles. The van der Waals surface area contributed by atoms with Crippen LogP contribution in [0.25, 0.3) is 0 Å². The Bertz CT molecular complexity index is 300. The first-order valence-corrected chi connectivity index (χ1v) is 7.84. The van der Waals surface area contributed by atoms with Gasteiger partial charge in [-0.3, -0.25) is 0 Å². The summed E-state index contributed by atoms with van der Waals surface area (Å²) in [5.74, 6) is 0.590. The van der Waals surface area contributed by atoms with Crippen molar-refractivity contribution in [3.8, 4) is 5.75 Å². The normalized spacial score (nSPS) is 11.2. The molecule has 1 aromatic rings. The molecular weight excluding hydrogens is 270 g/mol. The van der Waals surface area contributed by atoms with Gasteiger partial charge in [-0.25, -0.2) is 0 Å². The van der Waals surface area contributed by atoms with Crippen LogP contribution in [0.4, 0.5) is 0 Å². The van der Waals surface area contributed by atoms with Crippen molar-refractivity contribution in [3.05, 3.63) is 24.3 Å². The van der Waals surface area contributed by atoms with E-state index in [1.165, 1.54) is 31.4 Å². The van der Waals surface area contributed by atoms with Crippen LogP contribution in [0.2, 0.25) is 0 Å². The van der Waals surface area contributed by atoms with Gasteiger partial charge in [-0.1, -0.05) is 0 Å². The van der Waals surface area contributed by atoms with E-state index in [2.05, 4.69) is 0 Å². The molecule has 12 heavy (non-hydrogen) atoms. The molecule has 1 aromatic carbocycles. The van der Waals surface area contributed by atoms with Gasteiger partial charge < -0.3 is 0 Å². The molecule has 2 N–H and O–H groups in total. The zero-order chi connectivity index (χ0) is 9.19. The first kappa shape index (κ1) is 9.64. The maximum absolute atomic E-state index is 10.8. The third kappa shape index (κ3) is 2.27. The molecule has 0 fully saturated rings. The zero-order valence-corrected chi connectivity index (χ0v) is 9.02. The molecule has 66 valence electrons. The Hall–Kier alpha value is -0.442. The number of hydrogen-bond donors (Lipinski definition) is 2. The van der Waals surface area contributed by atoms with Crippen molar-refractivity contribution in [2.45, 2.75) is 0 Å². The first-order valence-electron chi connectivity index (χ1n) is 3.24. The summed E-state index contributed by atoms with van der Waals surface area (Å²) in [5, 5.41) is 0. The molecule has 0 radical (unpaired) electrons. The molecule has 0 aliphatic rings. The van der Waals surface area contributed by atoms with Gasteiger partial charge in [0.2, 0.25) is 0 Å². The molecule has 0 spiro atoms. The van der Waals surface area contributed by atoms with E-state index in [9.17, 15) is 3.02 Å². The molecule has 0 saturated heterocycles. The molecule has 5 heteroatoms. The summed E-state index contributed by atoms with van der Waals surface area (Å²) < 4.78 is 33.3. The van der Waals surface area contributed by atoms with Crippen molar-refractivity contribution >= 4 is 23.1 Å². The predicted molar refractivity (Wildman–Crippen MR) is 43.5 cm³/mol. The zero-order valence-electron chi connectivity index (χ0n) is 6.47. The van der Waals surface area contributed by atoms with Crippen molar-refractivity contribution in [2.24, 2.45) is 0 Å². The Morgan fingerprint density at radius 2 is 1.75 bits per heavy atom. The van der Waals surface area contributed by atoms with Gasteiger partial charge in [0.05, 0.1) is 0 Å². The molecule has 1 rings (SSSR count). The van der Waals surface area contributed by atoms with Crippen molar-refractivity contribution in [1.82, 2.24) is 0 Å². The topological polar surface area (TPSA) is 66.8 Å². The van der Waals surface area contributed by atoms with E-state index in [-0.39, 0.29) is 3.51 Å². The molecule has 0 aliphatic heterocycles. The van der Waals surface area contributed by atoms with Crippen LogP contribution >= 0.6 is 0 Å². The van der Waals surface area contributed by atoms with Crippen LogP contribution in [-0.4, -0.2) is 33.5 Å². The predicted octanol–water partition coefficient (Wildman–Crippen LogP) is -0.744. The van der Waals surface area contributed by atoms with E-state index >= 15 is 0 Å². The third-order valence-corrected chi connectivity index (χ3v) is 4.18. The third-order valence-electron chi connectivity index (χ3n) is 1.41. The molecular formula is C7H9O4Sb. The summed E-state index contributed by atoms with van der Waals surface area (Å²) in [6, 6.07) is 5.83. The summed E-state index contributed by atoms with van der Waals surface area (Å²) in [4.78, 5) is 0. The molecule has 0 atom stereocenters. The number of benzene rings is 1. The molecule has 0 heterocycles. The second-order valence-corrected chi connectivity index (χ2v) is 6.82. The standard InChI is InChI=1S/C7H7O.2H2O.O.Sb/c1-8-7-5-3-2-4-6-7;;;;/h3-6H,1H3;2*1H2;;/q;;;;+2/p-2. The Morgan fingerprint density at radius 1 is 1.25 bits per heavy atom. The second-order valence-electron chi connectivity index (χ2n) is 2.24. The Kier molecular flexibility index (Phi) is 2.83. The van der Waals surface area contributed by atoms with Gasteiger partial charge in [0, 0.05) is 0 Å². The fourth-order valence-electron chi connectivity index (χ4n) is 0.776. The molecule has 0 aliphatic carbocycles. The van der Waals surface area contributed by atoms with Crippen molar-refractivity contribution in [3.63, 3.8) is 0 Å². The first-order chi connectivity index (χ1) is 5.54. The van der Waals surface area contributed by atoms with Gasteiger partial charge in [-0.05, 0) is 0 Å². The Labute approximate surface area is 74.9 Å². The Balaban J connectivity index is 3.01. The summed E-state index contributed by atoms with van der Waals surface area (Å²) in [6.07, 6.45) is 0. The fraction of sp³-hybridized carbons (Fsp3) is 0.143. The van der Waals surface area contributed by atoms with E-state index in [4.69, 9.17) is 11.5 Å². The Morgan fingerprint density at radius 3 is 2.08 bits per heavy atom. The summed E-state index contributed by atoms with van der Waals surface area (Å²) in [7, 11) is 1.50. The van der Waals surface area contributed by atoms with Gasteiger partial charge in [0.15, 0.2) is 0 Å². The second kappa shape index (κ2) is 3.52. The van der Waals surface area contributed by atoms with Crippen LogP contribution in [0.15, 0.2) is 24.3 Å². The fourth-order valence-corrected chi connectivity index (χ4v) is 2.31. The summed E-state index contributed by atoms with van der Waals surface area (Å²) in [5.41, 5.74) is 0. The van der Waals surface area contributed by atoms with Gasteiger partial charge >= 0.3 is 74.8 Å². The van der Waals surface area contributed by atoms with Crippen molar-refractivity contribution in [2.75, 3.05) is 7.11 Å². The molecule has 0 saturated carbocycles. The average molecular weight is 279 g/mol. The van der Waals surface area contributed by atoms with Crippen LogP contribution in [0.5, 0.6) is 5.75 Å². The van der Waals surface area contributed by atoms with E-state index in [0.717, 1.165) is 0 Å². The van der Waals surface area contributed by atoms with E-state index < -0.39 is 19.6 Å². The molecule has 0 bridgehead atoms. The minimum absolute atomic E-state index is 0.0919. The van der Waals surface area contributed by atoms with Crippen LogP contribution in [0.3, 0.4) is 0 Å². The minimum atomic E-state index is -4.97. The van der Waals surface area contributed by atoms with E-state index in [1.54, 1.807) is 0 Å². The molecule has 4 nitrogen and oxygen atoms in total. The van der Waals surface area contributed by atoms with Crippen LogP contribution in [-0.2, 0) is 3.02 Å². The summed E-state index contributed by atoms with van der Waals surface area (Å²) in [6.45, 7) is 0. The van der Waals surface area contributed by atoms with Gasteiger partial charge in [0.25, 0.3) is 0 Å². The van der Waals surface area contributed by atoms with Gasteiger partial charge in [-0.2, -0.15) is 0 Å². The molecule has 0 amide bonds. The average Bonchev–Trinajstić information content (AvgIpc) is 2.03. The van der Waals surface area contributed by atoms with Crippen LogP contribution in [0.1, 0.15) is 0 Å². The van der Waals surface area contributed by atoms with Crippen LogP contribution in [0, 0.1) is 0 Å². The number of ether oxygens (including phenoxy) is 1. The number of methoxy groups -OCH3 is 1. The molecule has 0 unspecified atom stereocenters. The van der Waals surface area contributed by atoms with E-state index in [0.29, 0.717) is 5.75 Å². The van der Waals surface area contributed by atoms with Crippen molar-refractivity contribution < 1.29 is 14.5 Å². The maximum atomic E-state index is 10.8. The van der Waals surface area contributed by atoms with Gasteiger partial charge in [-0.15, -0.1) is 0 Å². The summed E-state index contributed by atoms with van der Waals surface area (Å²) >= 11 is -4.97. The SMILES string of the molecule is COc1cc[c]([Sb](=[O])([OH])[OH])cc1. The van der Waals surface area contributed by atoms with Crippen LogP contribution < -0.4 is 8.25 Å². The van der Waals surface area contributed by atoms with Gasteiger partial charge in [0.1, 0.15) is 0 Å². The monoisotopic (exact) mass is 278 g/mol. The quantitative estimate of drug-likeness (QED) is 0.699. The number of hydrogen-bond acceptors (Lipinski definition) is 2. The van der Waals surface area contributed by atoms with E-state index in [1.807, 2.05) is 0 Å².